The Hall–Kier alpha value is -3.98. The van der Waals surface area contributed by atoms with E-state index >= 15 is 0 Å². The largest absolute Gasteiger partial charge is 0.497 e. The van der Waals surface area contributed by atoms with Gasteiger partial charge in [0, 0.05) is 47.8 Å². The van der Waals surface area contributed by atoms with Crippen LogP contribution in [0.2, 0.25) is 5.02 Å². The zero-order chi connectivity index (χ0) is 29.8. The van der Waals surface area contributed by atoms with Gasteiger partial charge in [0.1, 0.15) is 29.0 Å². The summed E-state index contributed by atoms with van der Waals surface area (Å²) in [7, 11) is 1.29. The number of nitrogens with one attached hydrogen (secondary N) is 2. The molecule has 1 saturated heterocycles. The van der Waals surface area contributed by atoms with Crippen LogP contribution in [-0.4, -0.2) is 48.9 Å². The summed E-state index contributed by atoms with van der Waals surface area (Å²) in [6.45, 7) is 0.772. The summed E-state index contributed by atoms with van der Waals surface area (Å²) in [5.74, 6) is -3.50. The van der Waals surface area contributed by atoms with E-state index < -0.39 is 29.1 Å². The van der Waals surface area contributed by atoms with Crippen LogP contribution in [0.25, 0.3) is 0 Å². The Morgan fingerprint density at radius 1 is 1.00 bits per heavy atom. The number of hydrogen-bond donors (Lipinski definition) is 2. The molecule has 1 saturated carbocycles. The van der Waals surface area contributed by atoms with E-state index in [1.807, 2.05) is 30.3 Å². The highest BCUT2D eigenvalue weighted by molar-refractivity contribution is 6.31. The van der Waals surface area contributed by atoms with Crippen LogP contribution in [0.15, 0.2) is 66.7 Å². The van der Waals surface area contributed by atoms with Crippen molar-refractivity contribution in [3.63, 3.8) is 0 Å². The summed E-state index contributed by atoms with van der Waals surface area (Å²) in [6, 6.07) is 16.7. The third-order valence-corrected chi connectivity index (χ3v) is 8.53. The van der Waals surface area contributed by atoms with Crippen molar-refractivity contribution < 1.29 is 27.9 Å². The quantitative estimate of drug-likeness (QED) is 0.380. The number of halogens is 3. The van der Waals surface area contributed by atoms with Crippen LogP contribution in [0.4, 0.5) is 8.78 Å². The SMILES string of the molecule is COc1cc(F)c(C(=O)N[C@H]2CCC[C@@H]3CN(C(=O)[C@H](NC(=O)Cc4ccccc4)c4ccccc4Cl)C[C@H]32)c(F)c1. The van der Waals surface area contributed by atoms with E-state index in [0.29, 0.717) is 30.1 Å². The molecule has 0 bridgehead atoms. The minimum Gasteiger partial charge on any atom is -0.497 e. The molecule has 4 atom stereocenters. The number of nitrogens with zero attached hydrogens (tertiary/aromatic N) is 1. The molecule has 5 rings (SSSR count). The molecule has 0 aromatic heterocycles. The predicted molar refractivity (Wildman–Crippen MR) is 154 cm³/mol. The monoisotopic (exact) mass is 595 g/mol. The van der Waals surface area contributed by atoms with Crippen molar-refractivity contribution in [3.8, 4) is 5.75 Å². The summed E-state index contributed by atoms with van der Waals surface area (Å²) >= 11 is 6.48. The molecule has 2 aliphatic rings. The van der Waals surface area contributed by atoms with E-state index in [1.165, 1.54) is 7.11 Å². The first kappa shape index (κ1) is 29.5. The molecule has 0 unspecified atom stereocenters. The number of rotatable bonds is 8. The van der Waals surface area contributed by atoms with Crippen LogP contribution >= 0.6 is 11.6 Å². The zero-order valence-corrected chi connectivity index (χ0v) is 23.9. The fraction of sp³-hybridized carbons (Fsp3) is 0.344. The molecule has 3 aromatic carbocycles. The van der Waals surface area contributed by atoms with E-state index in [4.69, 9.17) is 16.3 Å². The van der Waals surface area contributed by atoms with Crippen LogP contribution in [-0.2, 0) is 16.0 Å². The fourth-order valence-corrected chi connectivity index (χ4v) is 6.36. The second kappa shape index (κ2) is 12.9. The first-order valence-corrected chi connectivity index (χ1v) is 14.3. The van der Waals surface area contributed by atoms with Gasteiger partial charge in [0.05, 0.1) is 13.5 Å². The molecule has 2 fully saturated rings. The van der Waals surface area contributed by atoms with E-state index in [1.54, 1.807) is 29.2 Å². The highest BCUT2D eigenvalue weighted by Crippen LogP contribution is 2.38. The van der Waals surface area contributed by atoms with Crippen molar-refractivity contribution in [3.05, 3.63) is 100 Å². The molecule has 42 heavy (non-hydrogen) atoms. The van der Waals surface area contributed by atoms with Crippen LogP contribution in [0.3, 0.4) is 0 Å². The Balaban J connectivity index is 1.32. The van der Waals surface area contributed by atoms with Gasteiger partial charge >= 0.3 is 0 Å². The van der Waals surface area contributed by atoms with Crippen molar-refractivity contribution >= 4 is 29.3 Å². The summed E-state index contributed by atoms with van der Waals surface area (Å²) < 4.78 is 34.0. The second-order valence-electron chi connectivity index (χ2n) is 10.8. The molecule has 2 N–H and O–H groups in total. The minimum atomic E-state index is -1.01. The Morgan fingerprint density at radius 2 is 1.69 bits per heavy atom. The van der Waals surface area contributed by atoms with E-state index in [-0.39, 0.29) is 41.9 Å². The highest BCUT2D eigenvalue weighted by Gasteiger charge is 2.44. The zero-order valence-electron chi connectivity index (χ0n) is 23.1. The van der Waals surface area contributed by atoms with Gasteiger partial charge in [-0.1, -0.05) is 66.6 Å². The van der Waals surface area contributed by atoms with E-state index in [9.17, 15) is 23.2 Å². The number of carbonyl (C=O) groups is 3. The van der Waals surface area contributed by atoms with Crippen LogP contribution in [0.5, 0.6) is 5.75 Å². The lowest BCUT2D eigenvalue weighted by Gasteiger charge is -2.33. The molecule has 1 aliphatic carbocycles. The standard InChI is InChI=1S/C32H32ClF2N3O4/c1-42-21-15-25(34)29(26(35)16-21)31(40)36-27-13-7-10-20-17-38(18-23(20)27)32(41)30(22-11-5-6-12-24(22)33)37-28(39)14-19-8-3-2-4-9-19/h2-6,8-9,11-12,15-16,20,23,27,30H,7,10,13-14,17-18H2,1H3,(H,36,40)(H,37,39)/t20-,23-,27+,30-/m1/s1. The molecule has 3 amide bonds. The molecule has 0 radical (unpaired) electrons. The topological polar surface area (TPSA) is 87.7 Å². The molecule has 3 aromatic rings. The smallest absolute Gasteiger partial charge is 0.257 e. The number of likely N-dealkylation sites (tertiary alicyclic amines) is 1. The van der Waals surface area contributed by atoms with Crippen molar-refractivity contribution in [1.82, 2.24) is 15.5 Å². The summed E-state index contributed by atoms with van der Waals surface area (Å²) in [4.78, 5) is 41.7. The van der Waals surface area contributed by atoms with Gasteiger partial charge in [-0.25, -0.2) is 8.78 Å². The lowest BCUT2D eigenvalue weighted by atomic mass is 9.78. The number of carbonyl (C=O) groups excluding carboxylic acids is 3. The summed E-state index contributed by atoms with van der Waals surface area (Å²) in [5, 5.41) is 6.08. The maximum atomic E-state index is 14.6. The number of amides is 3. The van der Waals surface area contributed by atoms with Gasteiger partial charge in [-0.15, -0.1) is 0 Å². The lowest BCUT2D eigenvalue weighted by Crippen LogP contribution is -2.46. The van der Waals surface area contributed by atoms with Gasteiger partial charge in [-0.05, 0) is 30.4 Å². The molecule has 10 heteroatoms. The first-order chi connectivity index (χ1) is 20.2. The maximum Gasteiger partial charge on any atom is 0.257 e. The third-order valence-electron chi connectivity index (χ3n) is 8.18. The maximum absolute atomic E-state index is 14.6. The average molecular weight is 596 g/mol. The molecule has 220 valence electrons. The van der Waals surface area contributed by atoms with Crippen LogP contribution in [0.1, 0.15) is 46.8 Å². The van der Waals surface area contributed by atoms with Crippen molar-refractivity contribution in [2.45, 2.75) is 37.8 Å². The molecule has 0 spiro atoms. The average Bonchev–Trinajstić information content (AvgIpc) is 3.42. The van der Waals surface area contributed by atoms with Crippen LogP contribution < -0.4 is 15.4 Å². The van der Waals surface area contributed by atoms with Crippen molar-refractivity contribution in [1.29, 1.82) is 0 Å². The number of ether oxygens (including phenoxy) is 1. The number of benzene rings is 3. The molecular weight excluding hydrogens is 564 g/mol. The summed E-state index contributed by atoms with van der Waals surface area (Å²) in [5.41, 5.74) is 0.649. The van der Waals surface area contributed by atoms with Gasteiger partial charge in [0.25, 0.3) is 5.91 Å². The van der Waals surface area contributed by atoms with Gasteiger partial charge in [-0.2, -0.15) is 0 Å². The molecule has 7 nitrogen and oxygen atoms in total. The normalized spacial score (nSPS) is 20.4. The van der Waals surface area contributed by atoms with E-state index in [0.717, 1.165) is 30.5 Å². The highest BCUT2D eigenvalue weighted by atomic mass is 35.5. The van der Waals surface area contributed by atoms with Gasteiger partial charge in [0.2, 0.25) is 11.8 Å². The van der Waals surface area contributed by atoms with E-state index in [2.05, 4.69) is 10.6 Å². The number of methoxy groups -OCH3 is 1. The third kappa shape index (κ3) is 6.41. The second-order valence-corrected chi connectivity index (χ2v) is 11.2. The molecular formula is C32H32ClF2N3O4. The Morgan fingerprint density at radius 3 is 2.38 bits per heavy atom. The molecule has 1 aliphatic heterocycles. The molecule has 1 heterocycles. The van der Waals surface area contributed by atoms with Crippen LogP contribution in [0, 0.1) is 23.5 Å². The Kier molecular flexibility index (Phi) is 9.06. The number of hydrogen-bond acceptors (Lipinski definition) is 4. The Bertz CT molecular complexity index is 1450. The first-order valence-electron chi connectivity index (χ1n) is 14.0. The minimum absolute atomic E-state index is 0.0202. The van der Waals surface area contributed by atoms with Crippen molar-refractivity contribution in [2.24, 2.45) is 11.8 Å². The Labute approximate surface area is 248 Å². The fourth-order valence-electron chi connectivity index (χ4n) is 6.11. The van der Waals surface area contributed by atoms with Gasteiger partial charge < -0.3 is 20.3 Å². The van der Waals surface area contributed by atoms with Gasteiger partial charge in [-0.3, -0.25) is 14.4 Å². The van der Waals surface area contributed by atoms with Gasteiger partial charge in [0.15, 0.2) is 0 Å². The number of fused-ring (bicyclic) bond motifs is 1. The predicted octanol–water partition coefficient (Wildman–Crippen LogP) is 5.08. The lowest BCUT2D eigenvalue weighted by molar-refractivity contribution is -0.135. The summed E-state index contributed by atoms with van der Waals surface area (Å²) in [6.07, 6.45) is 2.37. The van der Waals surface area contributed by atoms with Crippen molar-refractivity contribution in [2.75, 3.05) is 20.2 Å².